The van der Waals surface area contributed by atoms with E-state index in [9.17, 15) is 18.0 Å². The Morgan fingerprint density at radius 3 is 2.42 bits per heavy atom. The predicted molar refractivity (Wildman–Crippen MR) is 124 cm³/mol. The number of nitrogens with one attached hydrogen (secondary N) is 1. The van der Waals surface area contributed by atoms with E-state index in [-0.39, 0.29) is 29.4 Å². The standard InChI is InChI=1S/C24H30N2O6S/c1-18-3-9-23(31-2)21(17-18)22(27)8-10-24(28)25-12-11-19-4-6-20(7-5-19)33(29,30)26-13-15-32-16-14-26/h3-7,9,17H,8,10-16H2,1-2H3,(H,25,28). The first-order valence-corrected chi connectivity index (χ1v) is 12.4. The van der Waals surface area contributed by atoms with Crippen molar-refractivity contribution in [2.24, 2.45) is 0 Å². The van der Waals surface area contributed by atoms with Gasteiger partial charge in [-0.3, -0.25) is 9.59 Å². The number of hydrogen-bond donors (Lipinski definition) is 1. The molecule has 2 aromatic rings. The number of ether oxygens (including phenoxy) is 2. The molecule has 1 heterocycles. The van der Waals surface area contributed by atoms with Crippen LogP contribution >= 0.6 is 0 Å². The molecule has 0 aliphatic carbocycles. The van der Waals surface area contributed by atoms with Gasteiger partial charge in [0.2, 0.25) is 15.9 Å². The Morgan fingerprint density at radius 1 is 1.06 bits per heavy atom. The van der Waals surface area contributed by atoms with Gasteiger partial charge in [-0.2, -0.15) is 4.31 Å². The maximum absolute atomic E-state index is 12.7. The number of morpholine rings is 1. The molecule has 33 heavy (non-hydrogen) atoms. The van der Waals surface area contributed by atoms with Crippen molar-refractivity contribution in [2.45, 2.75) is 31.1 Å². The van der Waals surface area contributed by atoms with Crippen LogP contribution in [0.15, 0.2) is 47.4 Å². The minimum Gasteiger partial charge on any atom is -0.496 e. The summed E-state index contributed by atoms with van der Waals surface area (Å²) in [6.45, 7) is 3.82. The van der Waals surface area contributed by atoms with Crippen molar-refractivity contribution in [3.8, 4) is 5.75 Å². The summed E-state index contributed by atoms with van der Waals surface area (Å²) in [6, 6.07) is 12.1. The summed E-state index contributed by atoms with van der Waals surface area (Å²) in [6.07, 6.45) is 0.746. The Balaban J connectivity index is 1.45. The highest BCUT2D eigenvalue weighted by atomic mass is 32.2. The molecular weight excluding hydrogens is 444 g/mol. The van der Waals surface area contributed by atoms with Gasteiger partial charge in [0.05, 0.1) is 30.8 Å². The van der Waals surface area contributed by atoms with E-state index in [1.54, 1.807) is 36.4 Å². The minimum absolute atomic E-state index is 0.0899. The molecule has 0 saturated carbocycles. The predicted octanol–water partition coefficient (Wildman–Crippen LogP) is 2.35. The molecule has 0 unspecified atom stereocenters. The first-order chi connectivity index (χ1) is 15.8. The number of sulfonamides is 1. The van der Waals surface area contributed by atoms with Gasteiger partial charge in [0.1, 0.15) is 5.75 Å². The van der Waals surface area contributed by atoms with E-state index in [2.05, 4.69) is 5.32 Å². The first kappa shape index (κ1) is 24.9. The number of amides is 1. The maximum Gasteiger partial charge on any atom is 0.243 e. The minimum atomic E-state index is -3.52. The van der Waals surface area contributed by atoms with Crippen molar-refractivity contribution in [2.75, 3.05) is 40.0 Å². The second-order valence-corrected chi connectivity index (χ2v) is 9.83. The van der Waals surface area contributed by atoms with Crippen molar-refractivity contribution >= 4 is 21.7 Å². The molecule has 1 aliphatic rings. The molecule has 1 N–H and O–H groups in total. The molecule has 9 heteroatoms. The number of methoxy groups -OCH3 is 1. The number of hydrogen-bond acceptors (Lipinski definition) is 6. The van der Waals surface area contributed by atoms with Crippen LogP contribution in [0.2, 0.25) is 0 Å². The summed E-state index contributed by atoms with van der Waals surface area (Å²) in [4.78, 5) is 24.9. The first-order valence-electron chi connectivity index (χ1n) is 10.9. The Kier molecular flexibility index (Phi) is 8.60. The van der Waals surface area contributed by atoms with Crippen LogP contribution in [0, 0.1) is 6.92 Å². The van der Waals surface area contributed by atoms with Gasteiger partial charge in [-0.1, -0.05) is 23.8 Å². The number of carbonyl (C=O) groups is 2. The zero-order chi connectivity index (χ0) is 23.8. The third-order valence-corrected chi connectivity index (χ3v) is 7.41. The third-order valence-electron chi connectivity index (χ3n) is 5.50. The van der Waals surface area contributed by atoms with Crippen molar-refractivity contribution in [1.82, 2.24) is 9.62 Å². The van der Waals surface area contributed by atoms with E-state index in [1.807, 2.05) is 13.0 Å². The van der Waals surface area contributed by atoms with Crippen LogP contribution in [0.25, 0.3) is 0 Å². The van der Waals surface area contributed by atoms with E-state index in [4.69, 9.17) is 9.47 Å². The highest BCUT2D eigenvalue weighted by Crippen LogP contribution is 2.22. The highest BCUT2D eigenvalue weighted by molar-refractivity contribution is 7.89. The van der Waals surface area contributed by atoms with Crippen molar-refractivity contribution in [1.29, 1.82) is 0 Å². The zero-order valence-corrected chi connectivity index (χ0v) is 19.8. The Labute approximate surface area is 194 Å². The van der Waals surface area contributed by atoms with Gasteiger partial charge in [0.25, 0.3) is 0 Å². The molecule has 0 aromatic heterocycles. The lowest BCUT2D eigenvalue weighted by molar-refractivity contribution is -0.121. The Hall–Kier alpha value is -2.75. The topological polar surface area (TPSA) is 102 Å². The van der Waals surface area contributed by atoms with E-state index < -0.39 is 10.0 Å². The number of ketones is 1. The van der Waals surface area contributed by atoms with E-state index in [0.717, 1.165) is 11.1 Å². The average molecular weight is 475 g/mol. The van der Waals surface area contributed by atoms with Gasteiger partial charge >= 0.3 is 0 Å². The fourth-order valence-electron chi connectivity index (χ4n) is 3.60. The number of rotatable bonds is 10. The van der Waals surface area contributed by atoms with E-state index in [0.29, 0.717) is 50.6 Å². The number of aryl methyl sites for hydroxylation is 1. The van der Waals surface area contributed by atoms with Crippen LogP contribution < -0.4 is 10.1 Å². The Morgan fingerprint density at radius 2 is 1.76 bits per heavy atom. The van der Waals surface area contributed by atoms with Crippen LogP contribution in [-0.4, -0.2) is 64.4 Å². The summed E-state index contributed by atoms with van der Waals surface area (Å²) in [5.41, 5.74) is 2.35. The zero-order valence-electron chi connectivity index (χ0n) is 19.0. The molecule has 1 saturated heterocycles. The van der Waals surface area contributed by atoms with E-state index >= 15 is 0 Å². The second kappa shape index (κ2) is 11.4. The quantitative estimate of drug-likeness (QED) is 0.531. The molecule has 1 amide bonds. The van der Waals surface area contributed by atoms with Gasteiger partial charge in [0, 0.05) is 32.5 Å². The average Bonchev–Trinajstić information content (AvgIpc) is 2.83. The molecule has 0 bridgehead atoms. The largest absolute Gasteiger partial charge is 0.496 e. The molecule has 8 nitrogen and oxygen atoms in total. The summed E-state index contributed by atoms with van der Waals surface area (Å²) < 4.78 is 37.2. The van der Waals surface area contributed by atoms with Gasteiger partial charge in [-0.05, 0) is 43.2 Å². The number of benzene rings is 2. The highest BCUT2D eigenvalue weighted by Gasteiger charge is 2.26. The lowest BCUT2D eigenvalue weighted by Crippen LogP contribution is -2.40. The number of nitrogens with zero attached hydrogens (tertiary/aromatic N) is 1. The summed E-state index contributed by atoms with van der Waals surface area (Å²) in [7, 11) is -2.00. The summed E-state index contributed by atoms with van der Waals surface area (Å²) in [5, 5.41) is 2.81. The van der Waals surface area contributed by atoms with Crippen molar-refractivity contribution < 1.29 is 27.5 Å². The van der Waals surface area contributed by atoms with Crippen molar-refractivity contribution in [3.05, 3.63) is 59.2 Å². The third kappa shape index (κ3) is 6.63. The number of carbonyl (C=O) groups excluding carboxylic acids is 2. The Bertz CT molecular complexity index is 1080. The summed E-state index contributed by atoms with van der Waals surface area (Å²) >= 11 is 0. The fourth-order valence-corrected chi connectivity index (χ4v) is 5.01. The fraction of sp³-hybridized carbons (Fsp3) is 0.417. The SMILES string of the molecule is COc1ccc(C)cc1C(=O)CCC(=O)NCCc1ccc(S(=O)(=O)N2CCOCC2)cc1. The van der Waals surface area contributed by atoms with Crippen LogP contribution in [0.5, 0.6) is 5.75 Å². The molecule has 0 spiro atoms. The molecule has 3 rings (SSSR count). The van der Waals surface area contributed by atoms with E-state index in [1.165, 1.54) is 11.4 Å². The monoisotopic (exact) mass is 474 g/mol. The van der Waals surface area contributed by atoms with Crippen LogP contribution in [0.3, 0.4) is 0 Å². The molecule has 0 radical (unpaired) electrons. The van der Waals surface area contributed by atoms with Gasteiger partial charge in [0.15, 0.2) is 5.78 Å². The molecular formula is C24H30N2O6S. The number of Topliss-reactive ketones (excluding diaryl/α,β-unsaturated/α-hetero) is 1. The lowest BCUT2D eigenvalue weighted by atomic mass is 10.0. The van der Waals surface area contributed by atoms with Gasteiger partial charge < -0.3 is 14.8 Å². The van der Waals surface area contributed by atoms with Crippen LogP contribution in [0.1, 0.15) is 34.3 Å². The molecule has 178 valence electrons. The summed E-state index contributed by atoms with van der Waals surface area (Å²) in [5.74, 6) is 0.161. The van der Waals surface area contributed by atoms with Gasteiger partial charge in [-0.25, -0.2) is 8.42 Å². The maximum atomic E-state index is 12.7. The molecule has 0 atom stereocenters. The normalized spacial score (nSPS) is 14.6. The second-order valence-electron chi connectivity index (χ2n) is 7.89. The van der Waals surface area contributed by atoms with Gasteiger partial charge in [-0.15, -0.1) is 0 Å². The molecule has 1 aliphatic heterocycles. The van der Waals surface area contributed by atoms with Crippen LogP contribution in [-0.2, 0) is 26.0 Å². The van der Waals surface area contributed by atoms with Crippen molar-refractivity contribution in [3.63, 3.8) is 0 Å². The molecule has 1 fully saturated rings. The molecule has 2 aromatic carbocycles. The van der Waals surface area contributed by atoms with Crippen LogP contribution in [0.4, 0.5) is 0 Å². The lowest BCUT2D eigenvalue weighted by Gasteiger charge is -2.26. The smallest absolute Gasteiger partial charge is 0.243 e.